The molecule has 0 radical (unpaired) electrons. The summed E-state index contributed by atoms with van der Waals surface area (Å²) < 4.78 is 0. The summed E-state index contributed by atoms with van der Waals surface area (Å²) in [6, 6.07) is 5.66. The summed E-state index contributed by atoms with van der Waals surface area (Å²) in [7, 11) is 0. The van der Waals surface area contributed by atoms with E-state index < -0.39 is 6.03 Å². The highest BCUT2D eigenvalue weighted by atomic mass is 32.2. The average molecular weight is 266 g/mol. The van der Waals surface area contributed by atoms with Crippen LogP contribution >= 0.6 is 11.8 Å². The van der Waals surface area contributed by atoms with Gasteiger partial charge in [0.2, 0.25) is 5.91 Å². The first-order valence-electron chi connectivity index (χ1n) is 5.80. The first-order chi connectivity index (χ1) is 8.52. The Hall–Kier alpha value is -1.49. The molecule has 1 aromatic rings. The molecule has 0 unspecified atom stereocenters. The lowest BCUT2D eigenvalue weighted by Crippen LogP contribution is -2.40. The lowest BCUT2D eigenvalue weighted by atomic mass is 10.2. The maximum absolute atomic E-state index is 11.5. The number of benzene rings is 1. The van der Waals surface area contributed by atoms with Crippen molar-refractivity contribution >= 4 is 23.7 Å². The largest absolute Gasteiger partial charge is 0.338 e. The van der Waals surface area contributed by atoms with Crippen LogP contribution in [0.1, 0.15) is 18.1 Å². The van der Waals surface area contributed by atoms with Gasteiger partial charge < -0.3 is 5.32 Å². The van der Waals surface area contributed by atoms with Gasteiger partial charge in [-0.15, -0.1) is 11.8 Å². The van der Waals surface area contributed by atoms with Crippen LogP contribution in [0.25, 0.3) is 0 Å². The van der Waals surface area contributed by atoms with Gasteiger partial charge in [-0.05, 0) is 32.4 Å². The van der Waals surface area contributed by atoms with Gasteiger partial charge in [0.25, 0.3) is 0 Å². The third-order valence-corrected chi connectivity index (χ3v) is 3.45. The number of urea groups is 1. The van der Waals surface area contributed by atoms with Crippen LogP contribution in [0.3, 0.4) is 0 Å². The van der Waals surface area contributed by atoms with Crippen LogP contribution in [0.5, 0.6) is 0 Å². The van der Waals surface area contributed by atoms with Crippen LogP contribution in [0, 0.1) is 13.8 Å². The van der Waals surface area contributed by atoms with Crippen molar-refractivity contribution in [3.8, 4) is 0 Å². The van der Waals surface area contributed by atoms with E-state index in [1.165, 1.54) is 11.8 Å². The normalized spacial score (nSPS) is 9.94. The number of amides is 3. The van der Waals surface area contributed by atoms with Crippen molar-refractivity contribution in [3.63, 3.8) is 0 Å². The van der Waals surface area contributed by atoms with E-state index in [2.05, 4.69) is 10.6 Å². The second kappa shape index (κ2) is 7.06. The molecule has 4 nitrogen and oxygen atoms in total. The molecule has 3 amide bonds. The lowest BCUT2D eigenvalue weighted by Gasteiger charge is -2.07. The van der Waals surface area contributed by atoms with Crippen molar-refractivity contribution in [2.45, 2.75) is 25.7 Å². The number of rotatable bonds is 4. The van der Waals surface area contributed by atoms with Crippen LogP contribution in [0.2, 0.25) is 0 Å². The Morgan fingerprint density at radius 2 is 2.00 bits per heavy atom. The standard InChI is InChI=1S/C13H18N2O2S/c1-4-14-13(17)15-12(16)8-18-11-7-9(2)5-6-10(11)3/h5-7H,4,8H2,1-3H3,(H2,14,15,16,17). The average Bonchev–Trinajstić information content (AvgIpc) is 2.30. The van der Waals surface area contributed by atoms with Crippen LogP contribution in [-0.2, 0) is 4.79 Å². The molecule has 0 atom stereocenters. The monoisotopic (exact) mass is 266 g/mol. The number of carbonyl (C=O) groups excluding carboxylic acids is 2. The van der Waals surface area contributed by atoms with E-state index in [-0.39, 0.29) is 11.7 Å². The third kappa shape index (κ3) is 4.79. The second-order valence-corrected chi connectivity index (χ2v) is 4.98. The van der Waals surface area contributed by atoms with E-state index in [1.807, 2.05) is 32.0 Å². The lowest BCUT2D eigenvalue weighted by molar-refractivity contribution is -0.117. The fraction of sp³-hybridized carbons (Fsp3) is 0.385. The molecule has 5 heteroatoms. The number of hydrogen-bond acceptors (Lipinski definition) is 3. The SMILES string of the molecule is CCNC(=O)NC(=O)CSc1cc(C)ccc1C. The zero-order valence-electron chi connectivity index (χ0n) is 10.9. The quantitative estimate of drug-likeness (QED) is 0.822. The molecule has 0 aliphatic carbocycles. The van der Waals surface area contributed by atoms with Gasteiger partial charge in [-0.3, -0.25) is 10.1 Å². The predicted octanol–water partition coefficient (Wildman–Crippen LogP) is 2.24. The van der Waals surface area contributed by atoms with E-state index in [1.54, 1.807) is 6.92 Å². The van der Waals surface area contributed by atoms with E-state index in [9.17, 15) is 9.59 Å². The smallest absolute Gasteiger partial charge is 0.321 e. The highest BCUT2D eigenvalue weighted by Gasteiger charge is 2.08. The minimum atomic E-state index is -0.441. The highest BCUT2D eigenvalue weighted by molar-refractivity contribution is 8.00. The number of imide groups is 1. The molecular weight excluding hydrogens is 248 g/mol. The van der Waals surface area contributed by atoms with E-state index in [4.69, 9.17) is 0 Å². The fourth-order valence-electron chi connectivity index (χ4n) is 1.37. The Morgan fingerprint density at radius 3 is 2.67 bits per heavy atom. The molecule has 0 saturated heterocycles. The van der Waals surface area contributed by atoms with Crippen LogP contribution < -0.4 is 10.6 Å². The molecule has 0 aliphatic heterocycles. The minimum absolute atomic E-state index is 0.238. The van der Waals surface area contributed by atoms with E-state index >= 15 is 0 Å². The summed E-state index contributed by atoms with van der Waals surface area (Å²) in [5.41, 5.74) is 2.30. The molecule has 1 aromatic carbocycles. The van der Waals surface area contributed by atoms with E-state index in [0.29, 0.717) is 6.54 Å². The van der Waals surface area contributed by atoms with Crippen molar-refractivity contribution in [3.05, 3.63) is 29.3 Å². The molecule has 0 fully saturated rings. The predicted molar refractivity (Wildman–Crippen MR) is 73.9 cm³/mol. The van der Waals surface area contributed by atoms with Crippen LogP contribution in [0.4, 0.5) is 4.79 Å². The van der Waals surface area contributed by atoms with Gasteiger partial charge >= 0.3 is 6.03 Å². The minimum Gasteiger partial charge on any atom is -0.338 e. The number of aryl methyl sites for hydroxylation is 2. The summed E-state index contributed by atoms with van der Waals surface area (Å²) in [5, 5.41) is 4.79. The number of hydrogen-bond donors (Lipinski definition) is 2. The van der Waals surface area contributed by atoms with Gasteiger partial charge in [-0.2, -0.15) is 0 Å². The molecule has 0 saturated carbocycles. The Balaban J connectivity index is 2.47. The number of carbonyl (C=O) groups is 2. The van der Waals surface area contributed by atoms with Crippen molar-refractivity contribution in [2.75, 3.05) is 12.3 Å². The molecule has 0 spiro atoms. The zero-order valence-corrected chi connectivity index (χ0v) is 11.7. The molecule has 0 heterocycles. The topological polar surface area (TPSA) is 58.2 Å². The number of thioether (sulfide) groups is 1. The molecule has 98 valence electrons. The zero-order chi connectivity index (χ0) is 13.5. The second-order valence-electron chi connectivity index (χ2n) is 3.97. The van der Waals surface area contributed by atoms with Gasteiger partial charge in [-0.25, -0.2) is 4.79 Å². The van der Waals surface area contributed by atoms with Gasteiger partial charge in [0.05, 0.1) is 5.75 Å². The summed E-state index contributed by atoms with van der Waals surface area (Å²) in [6.07, 6.45) is 0. The Bertz CT molecular complexity index is 447. The van der Waals surface area contributed by atoms with Crippen molar-refractivity contribution in [1.82, 2.24) is 10.6 Å². The van der Waals surface area contributed by atoms with Gasteiger partial charge in [-0.1, -0.05) is 17.7 Å². The molecular formula is C13H18N2O2S. The van der Waals surface area contributed by atoms with Crippen LogP contribution in [0.15, 0.2) is 23.1 Å². The molecule has 0 aliphatic rings. The van der Waals surface area contributed by atoms with Gasteiger partial charge in [0.1, 0.15) is 0 Å². The van der Waals surface area contributed by atoms with Gasteiger partial charge in [0, 0.05) is 11.4 Å². The molecule has 2 N–H and O–H groups in total. The molecule has 0 aromatic heterocycles. The number of nitrogens with one attached hydrogen (secondary N) is 2. The Labute approximate surface area is 112 Å². The highest BCUT2D eigenvalue weighted by Crippen LogP contribution is 2.23. The maximum Gasteiger partial charge on any atom is 0.321 e. The fourth-order valence-corrected chi connectivity index (χ4v) is 2.30. The molecule has 0 bridgehead atoms. The maximum atomic E-state index is 11.5. The summed E-state index contributed by atoms with van der Waals surface area (Å²) in [5.74, 6) is -0.0478. The van der Waals surface area contributed by atoms with Crippen molar-refractivity contribution in [2.24, 2.45) is 0 Å². The van der Waals surface area contributed by atoms with Gasteiger partial charge in [0.15, 0.2) is 0 Å². The molecule has 1 rings (SSSR count). The van der Waals surface area contributed by atoms with Crippen molar-refractivity contribution < 1.29 is 9.59 Å². The first kappa shape index (κ1) is 14.6. The van der Waals surface area contributed by atoms with Crippen LogP contribution in [-0.4, -0.2) is 24.2 Å². The first-order valence-corrected chi connectivity index (χ1v) is 6.79. The summed E-state index contributed by atoms with van der Waals surface area (Å²) >= 11 is 1.44. The third-order valence-electron chi connectivity index (χ3n) is 2.29. The van der Waals surface area contributed by atoms with Crippen molar-refractivity contribution in [1.29, 1.82) is 0 Å². The summed E-state index contributed by atoms with van der Waals surface area (Å²) in [4.78, 5) is 23.7. The summed E-state index contributed by atoms with van der Waals surface area (Å²) in [6.45, 7) is 6.32. The Morgan fingerprint density at radius 1 is 1.28 bits per heavy atom. The Kier molecular flexibility index (Phi) is 5.71. The van der Waals surface area contributed by atoms with E-state index in [0.717, 1.165) is 16.0 Å². The molecule has 18 heavy (non-hydrogen) atoms.